The Labute approximate surface area is 216 Å². The van der Waals surface area contributed by atoms with Crippen LogP contribution >= 0.6 is 11.8 Å². The van der Waals surface area contributed by atoms with Crippen LogP contribution in [0, 0.1) is 5.82 Å². The molecular weight excluding hydrogens is 501 g/mol. The van der Waals surface area contributed by atoms with Gasteiger partial charge in [-0.25, -0.2) is 9.18 Å². The highest BCUT2D eigenvalue weighted by Gasteiger charge is 2.35. The first kappa shape index (κ1) is 25.8. The van der Waals surface area contributed by atoms with Crippen molar-refractivity contribution in [3.63, 3.8) is 0 Å². The number of carbonyl (C=O) groups is 3. The number of ether oxygens (including phenoxy) is 4. The molecule has 3 aromatic carbocycles. The maximum Gasteiger partial charge on any atom is 0.343 e. The number of hydrogen-bond acceptors (Lipinski definition) is 8. The smallest absolute Gasteiger partial charge is 0.343 e. The maximum atomic E-state index is 13.1. The minimum atomic E-state index is -0.678. The van der Waals surface area contributed by atoms with Crippen LogP contribution in [-0.4, -0.2) is 49.4 Å². The van der Waals surface area contributed by atoms with Gasteiger partial charge in [0.05, 0.1) is 31.2 Å². The number of amides is 2. The van der Waals surface area contributed by atoms with Crippen molar-refractivity contribution in [3.05, 3.63) is 88.6 Å². The predicted octanol–water partition coefficient (Wildman–Crippen LogP) is 5.18. The summed E-state index contributed by atoms with van der Waals surface area (Å²) in [4.78, 5) is 39.0. The van der Waals surface area contributed by atoms with E-state index in [1.807, 2.05) is 6.07 Å². The van der Waals surface area contributed by atoms with Gasteiger partial charge in [0.25, 0.3) is 11.1 Å². The number of esters is 1. The molecule has 0 unspecified atom stereocenters. The van der Waals surface area contributed by atoms with Crippen LogP contribution in [0.2, 0.25) is 0 Å². The molecule has 2 amide bonds. The van der Waals surface area contributed by atoms with Crippen LogP contribution < -0.4 is 18.9 Å². The fourth-order valence-corrected chi connectivity index (χ4v) is 4.30. The number of thioether (sulfide) groups is 1. The van der Waals surface area contributed by atoms with Gasteiger partial charge in [-0.3, -0.25) is 14.5 Å². The van der Waals surface area contributed by atoms with Gasteiger partial charge in [-0.2, -0.15) is 0 Å². The standard InChI is InChI=1S/C27H22FNO7S/c1-33-20-5-3-4-6-21(20)35-14-13-29-25(30)24(37-27(29)32)16-17-7-12-22(23(15-17)34-2)36-26(31)18-8-10-19(28)11-9-18/h3-12,15-16H,13-14H2,1-2H3/b24-16-. The Hall–Kier alpha value is -4.31. The highest BCUT2D eigenvalue weighted by Crippen LogP contribution is 2.35. The third-order valence-electron chi connectivity index (χ3n) is 5.28. The van der Waals surface area contributed by atoms with E-state index in [9.17, 15) is 18.8 Å². The van der Waals surface area contributed by atoms with Crippen molar-refractivity contribution in [2.75, 3.05) is 27.4 Å². The molecule has 10 heteroatoms. The quantitative estimate of drug-likeness (QED) is 0.215. The summed E-state index contributed by atoms with van der Waals surface area (Å²) in [5.41, 5.74) is 0.741. The number of methoxy groups -OCH3 is 2. The third kappa shape index (κ3) is 6.10. The van der Waals surface area contributed by atoms with Gasteiger partial charge in [0.2, 0.25) is 0 Å². The Morgan fingerprint density at radius 3 is 2.32 bits per heavy atom. The van der Waals surface area contributed by atoms with Crippen LogP contribution in [0.5, 0.6) is 23.0 Å². The molecule has 0 spiro atoms. The van der Waals surface area contributed by atoms with Crippen LogP contribution in [0.15, 0.2) is 71.6 Å². The van der Waals surface area contributed by atoms with Crippen molar-refractivity contribution in [2.45, 2.75) is 0 Å². The van der Waals surface area contributed by atoms with Gasteiger partial charge in [0.15, 0.2) is 23.0 Å². The Morgan fingerprint density at radius 1 is 0.919 bits per heavy atom. The molecule has 37 heavy (non-hydrogen) atoms. The summed E-state index contributed by atoms with van der Waals surface area (Å²) in [5.74, 6) is -0.125. The second kappa shape index (κ2) is 11.6. The zero-order chi connectivity index (χ0) is 26.4. The van der Waals surface area contributed by atoms with E-state index in [0.717, 1.165) is 28.8 Å². The fraction of sp³-hybridized carbons (Fsp3) is 0.148. The monoisotopic (exact) mass is 523 g/mol. The van der Waals surface area contributed by atoms with Crippen LogP contribution in [0.25, 0.3) is 6.08 Å². The van der Waals surface area contributed by atoms with Crippen molar-refractivity contribution in [1.29, 1.82) is 0 Å². The van der Waals surface area contributed by atoms with E-state index < -0.39 is 22.9 Å². The largest absolute Gasteiger partial charge is 0.493 e. The van der Waals surface area contributed by atoms with Crippen molar-refractivity contribution >= 4 is 35.0 Å². The molecule has 3 aromatic rings. The lowest BCUT2D eigenvalue weighted by Crippen LogP contribution is -2.32. The molecule has 1 heterocycles. The van der Waals surface area contributed by atoms with Gasteiger partial charge >= 0.3 is 5.97 Å². The van der Waals surface area contributed by atoms with Crippen LogP contribution in [-0.2, 0) is 4.79 Å². The van der Waals surface area contributed by atoms with E-state index in [2.05, 4.69) is 0 Å². The molecule has 1 saturated heterocycles. The van der Waals surface area contributed by atoms with Crippen molar-refractivity contribution < 1.29 is 37.7 Å². The third-order valence-corrected chi connectivity index (χ3v) is 6.19. The molecule has 0 radical (unpaired) electrons. The van der Waals surface area contributed by atoms with E-state index >= 15 is 0 Å². The molecule has 1 fully saturated rings. The second-order valence-corrected chi connectivity index (χ2v) is 8.63. The Morgan fingerprint density at radius 2 is 1.62 bits per heavy atom. The number of rotatable bonds is 9. The van der Waals surface area contributed by atoms with Gasteiger partial charge in [0.1, 0.15) is 12.4 Å². The van der Waals surface area contributed by atoms with Gasteiger partial charge in [-0.1, -0.05) is 18.2 Å². The molecule has 0 aliphatic carbocycles. The summed E-state index contributed by atoms with van der Waals surface area (Å²) >= 11 is 0.819. The topological polar surface area (TPSA) is 91.4 Å². The van der Waals surface area contributed by atoms with Crippen LogP contribution in [0.1, 0.15) is 15.9 Å². The maximum absolute atomic E-state index is 13.1. The molecule has 0 aromatic heterocycles. The van der Waals surface area contributed by atoms with Crippen molar-refractivity contribution in [1.82, 2.24) is 4.90 Å². The zero-order valence-electron chi connectivity index (χ0n) is 19.9. The first-order valence-electron chi connectivity index (χ1n) is 11.1. The van der Waals surface area contributed by atoms with Crippen LogP contribution in [0.3, 0.4) is 0 Å². The number of benzene rings is 3. The lowest BCUT2D eigenvalue weighted by Gasteiger charge is -2.14. The summed E-state index contributed by atoms with van der Waals surface area (Å²) in [7, 11) is 2.93. The van der Waals surface area contributed by atoms with E-state index in [4.69, 9.17) is 18.9 Å². The number of imide groups is 1. The van der Waals surface area contributed by atoms with E-state index in [1.165, 1.54) is 32.4 Å². The average molecular weight is 524 g/mol. The lowest BCUT2D eigenvalue weighted by molar-refractivity contribution is -0.123. The van der Waals surface area contributed by atoms with Gasteiger partial charge in [0, 0.05) is 0 Å². The Kier molecular flexibility index (Phi) is 8.09. The minimum Gasteiger partial charge on any atom is -0.493 e. The molecule has 4 rings (SSSR count). The molecule has 0 saturated carbocycles. The normalized spacial score (nSPS) is 14.1. The first-order chi connectivity index (χ1) is 17.9. The van der Waals surface area contributed by atoms with Crippen LogP contribution in [0.4, 0.5) is 9.18 Å². The lowest BCUT2D eigenvalue weighted by atomic mass is 10.1. The molecule has 0 atom stereocenters. The first-order valence-corrected chi connectivity index (χ1v) is 11.9. The molecular formula is C27H22FNO7S. The predicted molar refractivity (Wildman–Crippen MR) is 136 cm³/mol. The van der Waals surface area contributed by atoms with E-state index in [1.54, 1.807) is 36.4 Å². The Bertz CT molecular complexity index is 1360. The molecule has 1 aliphatic heterocycles. The second-order valence-electron chi connectivity index (χ2n) is 7.64. The van der Waals surface area contributed by atoms with E-state index in [0.29, 0.717) is 17.1 Å². The summed E-state index contributed by atoms with van der Waals surface area (Å²) in [5, 5.41) is -0.406. The number of hydrogen-bond donors (Lipinski definition) is 0. The molecule has 8 nitrogen and oxygen atoms in total. The summed E-state index contributed by atoms with van der Waals surface area (Å²) in [6.07, 6.45) is 1.56. The molecule has 0 bridgehead atoms. The highest BCUT2D eigenvalue weighted by atomic mass is 32.2. The SMILES string of the molecule is COc1ccccc1OCCN1C(=O)S/C(=C\c2ccc(OC(=O)c3ccc(F)cc3)c(OC)c2)C1=O. The van der Waals surface area contributed by atoms with Crippen molar-refractivity contribution in [2.24, 2.45) is 0 Å². The highest BCUT2D eigenvalue weighted by molar-refractivity contribution is 8.18. The average Bonchev–Trinajstić information content (AvgIpc) is 3.17. The number of nitrogens with zero attached hydrogens (tertiary/aromatic N) is 1. The number of para-hydroxylation sites is 2. The summed E-state index contributed by atoms with van der Waals surface area (Å²) in [6, 6.07) is 16.8. The fourth-order valence-electron chi connectivity index (χ4n) is 3.43. The van der Waals surface area contributed by atoms with Crippen molar-refractivity contribution in [3.8, 4) is 23.0 Å². The molecule has 1 aliphatic rings. The molecule has 190 valence electrons. The van der Waals surface area contributed by atoms with Gasteiger partial charge in [-0.05, 0) is 71.9 Å². The number of carbonyl (C=O) groups excluding carboxylic acids is 3. The summed E-state index contributed by atoms with van der Waals surface area (Å²) in [6.45, 7) is 0.176. The summed E-state index contributed by atoms with van der Waals surface area (Å²) < 4.78 is 34.7. The zero-order valence-corrected chi connectivity index (χ0v) is 20.8. The number of halogens is 1. The van der Waals surface area contributed by atoms with Gasteiger partial charge in [-0.15, -0.1) is 0 Å². The minimum absolute atomic E-state index is 0.0711. The van der Waals surface area contributed by atoms with Gasteiger partial charge < -0.3 is 18.9 Å². The van der Waals surface area contributed by atoms with E-state index in [-0.39, 0.29) is 35.1 Å². The molecule has 0 N–H and O–H groups in total. The Balaban J connectivity index is 1.42.